The second-order valence-electron chi connectivity index (χ2n) is 4.44. The second kappa shape index (κ2) is 5.65. The van der Waals surface area contributed by atoms with Crippen LogP contribution < -0.4 is 0 Å². The second-order valence-corrected chi connectivity index (χ2v) is 4.44. The normalized spacial score (nSPS) is 11.1. The van der Waals surface area contributed by atoms with Crippen molar-refractivity contribution in [3.8, 4) is 0 Å². The summed E-state index contributed by atoms with van der Waals surface area (Å²) in [6.07, 6.45) is 3.18. The average Bonchev–Trinajstić information content (AvgIpc) is 2.36. The fourth-order valence-electron chi connectivity index (χ4n) is 2.05. The third-order valence-corrected chi connectivity index (χ3v) is 2.87. The molecule has 0 aliphatic carbocycles. The van der Waals surface area contributed by atoms with E-state index in [0.29, 0.717) is 6.61 Å². The number of pyridine rings is 1. The number of esters is 1. The van der Waals surface area contributed by atoms with Gasteiger partial charge >= 0.3 is 5.97 Å². The molecule has 0 amide bonds. The number of carbonyl (C=O) groups is 1. The fourth-order valence-corrected chi connectivity index (χ4v) is 2.05. The van der Waals surface area contributed by atoms with Crippen LogP contribution in [0.3, 0.4) is 0 Å². The van der Waals surface area contributed by atoms with Crippen molar-refractivity contribution in [2.45, 2.75) is 20.8 Å². The molecule has 0 aliphatic rings. The highest BCUT2D eigenvalue weighted by Gasteiger charge is 2.01. The number of nitrogens with zero attached hydrogens (tertiary/aromatic N) is 1. The van der Waals surface area contributed by atoms with Crippen LogP contribution >= 0.6 is 0 Å². The molecule has 98 valence electrons. The van der Waals surface area contributed by atoms with E-state index in [2.05, 4.69) is 18.0 Å². The Bertz CT molecular complexity index is 644. The molecule has 19 heavy (non-hydrogen) atoms. The largest absolute Gasteiger partial charge is 0.463 e. The van der Waals surface area contributed by atoms with E-state index in [1.807, 2.05) is 25.1 Å². The Morgan fingerprint density at radius 2 is 2.11 bits per heavy atom. The van der Waals surface area contributed by atoms with Gasteiger partial charge < -0.3 is 4.74 Å². The van der Waals surface area contributed by atoms with E-state index in [9.17, 15) is 4.79 Å². The first-order valence-corrected chi connectivity index (χ1v) is 6.33. The number of fused-ring (bicyclic) bond motifs is 1. The Balaban J connectivity index is 2.34. The summed E-state index contributed by atoms with van der Waals surface area (Å²) in [4.78, 5) is 15.8. The van der Waals surface area contributed by atoms with E-state index in [-0.39, 0.29) is 5.97 Å². The smallest absolute Gasteiger partial charge is 0.330 e. The van der Waals surface area contributed by atoms with Gasteiger partial charge in [-0.15, -0.1) is 0 Å². The monoisotopic (exact) mass is 255 g/mol. The molecule has 1 aromatic carbocycles. The summed E-state index contributed by atoms with van der Waals surface area (Å²) in [5.74, 6) is -0.323. The Kier molecular flexibility index (Phi) is 3.95. The fraction of sp³-hybridized carbons (Fsp3) is 0.250. The molecule has 0 saturated carbocycles. The molecule has 2 aromatic rings. The lowest BCUT2D eigenvalue weighted by molar-refractivity contribution is -0.137. The van der Waals surface area contributed by atoms with Gasteiger partial charge in [-0.05, 0) is 50.1 Å². The summed E-state index contributed by atoms with van der Waals surface area (Å²) < 4.78 is 4.85. The van der Waals surface area contributed by atoms with Gasteiger partial charge in [-0.3, -0.25) is 4.98 Å². The van der Waals surface area contributed by atoms with Gasteiger partial charge in [0.1, 0.15) is 0 Å². The lowest BCUT2D eigenvalue weighted by atomic mass is 10.1. The molecule has 3 nitrogen and oxygen atoms in total. The third kappa shape index (κ3) is 3.19. The quantitative estimate of drug-likeness (QED) is 0.623. The van der Waals surface area contributed by atoms with Crippen LogP contribution in [0.5, 0.6) is 0 Å². The van der Waals surface area contributed by atoms with Crippen LogP contribution in [0, 0.1) is 13.8 Å². The van der Waals surface area contributed by atoms with E-state index in [0.717, 1.165) is 22.2 Å². The molecular weight excluding hydrogens is 238 g/mol. The molecule has 1 heterocycles. The van der Waals surface area contributed by atoms with Gasteiger partial charge in [-0.2, -0.15) is 0 Å². The van der Waals surface area contributed by atoms with Crippen LogP contribution in [0.2, 0.25) is 0 Å². The van der Waals surface area contributed by atoms with Gasteiger partial charge in [0.15, 0.2) is 0 Å². The van der Waals surface area contributed by atoms with Crippen LogP contribution in [0.4, 0.5) is 0 Å². The number of ether oxygens (including phenoxy) is 1. The molecule has 0 unspecified atom stereocenters. The highest BCUT2D eigenvalue weighted by atomic mass is 16.5. The molecule has 1 aromatic heterocycles. The summed E-state index contributed by atoms with van der Waals surface area (Å²) >= 11 is 0. The molecule has 0 fully saturated rings. The summed E-state index contributed by atoms with van der Waals surface area (Å²) in [7, 11) is 0. The van der Waals surface area contributed by atoms with Crippen molar-refractivity contribution < 1.29 is 9.53 Å². The maximum absolute atomic E-state index is 11.3. The van der Waals surface area contributed by atoms with Gasteiger partial charge in [0.25, 0.3) is 0 Å². The SMILES string of the molecule is CCOC(=O)/C=C/c1ccc2c(C)cc(C)nc2c1. The van der Waals surface area contributed by atoms with Crippen molar-refractivity contribution in [1.82, 2.24) is 4.98 Å². The third-order valence-electron chi connectivity index (χ3n) is 2.87. The highest BCUT2D eigenvalue weighted by molar-refractivity contribution is 5.89. The molecule has 0 N–H and O–H groups in total. The van der Waals surface area contributed by atoms with Crippen LogP contribution in [-0.2, 0) is 9.53 Å². The van der Waals surface area contributed by atoms with Crippen molar-refractivity contribution in [3.05, 3.63) is 47.2 Å². The predicted octanol–water partition coefficient (Wildman–Crippen LogP) is 3.43. The minimum Gasteiger partial charge on any atom is -0.463 e. The van der Waals surface area contributed by atoms with Gasteiger partial charge in [-0.1, -0.05) is 12.1 Å². The zero-order valence-corrected chi connectivity index (χ0v) is 11.4. The van der Waals surface area contributed by atoms with Crippen LogP contribution in [0.25, 0.3) is 17.0 Å². The molecule has 0 atom stereocenters. The van der Waals surface area contributed by atoms with E-state index in [1.54, 1.807) is 13.0 Å². The van der Waals surface area contributed by atoms with Gasteiger partial charge in [0, 0.05) is 17.2 Å². The first kappa shape index (κ1) is 13.3. The van der Waals surface area contributed by atoms with E-state index >= 15 is 0 Å². The highest BCUT2D eigenvalue weighted by Crippen LogP contribution is 2.19. The van der Waals surface area contributed by atoms with Crippen molar-refractivity contribution in [3.63, 3.8) is 0 Å². The molecule has 0 saturated heterocycles. The number of aromatic nitrogens is 1. The minimum absolute atomic E-state index is 0.323. The Morgan fingerprint density at radius 1 is 1.32 bits per heavy atom. The lowest BCUT2D eigenvalue weighted by Crippen LogP contribution is -1.98. The summed E-state index contributed by atoms with van der Waals surface area (Å²) in [6.45, 7) is 6.23. The van der Waals surface area contributed by atoms with Crippen molar-refractivity contribution in [2.75, 3.05) is 6.61 Å². The standard InChI is InChI=1S/C16H17NO2/c1-4-19-16(18)8-6-13-5-7-14-11(2)9-12(3)17-15(14)10-13/h5-10H,4H2,1-3H3/b8-6+. The van der Waals surface area contributed by atoms with Crippen LogP contribution in [-0.4, -0.2) is 17.6 Å². The number of benzene rings is 1. The topological polar surface area (TPSA) is 39.2 Å². The van der Waals surface area contributed by atoms with Crippen molar-refractivity contribution >= 4 is 22.9 Å². The molecule has 0 radical (unpaired) electrons. The van der Waals surface area contributed by atoms with Crippen molar-refractivity contribution in [1.29, 1.82) is 0 Å². The lowest BCUT2D eigenvalue weighted by Gasteiger charge is -2.04. The average molecular weight is 255 g/mol. The number of hydrogen-bond acceptors (Lipinski definition) is 3. The Morgan fingerprint density at radius 3 is 2.84 bits per heavy atom. The predicted molar refractivity (Wildman–Crippen MR) is 76.9 cm³/mol. The first-order chi connectivity index (χ1) is 9.10. The van der Waals surface area contributed by atoms with E-state index in [1.165, 1.54) is 11.6 Å². The molecule has 3 heteroatoms. The number of rotatable bonds is 3. The van der Waals surface area contributed by atoms with E-state index in [4.69, 9.17) is 4.74 Å². The zero-order chi connectivity index (χ0) is 13.8. The summed E-state index contributed by atoms with van der Waals surface area (Å²) in [5.41, 5.74) is 4.10. The maximum Gasteiger partial charge on any atom is 0.330 e. The molecular formula is C16H17NO2. The molecule has 2 rings (SSSR count). The van der Waals surface area contributed by atoms with Gasteiger partial charge in [0.2, 0.25) is 0 Å². The number of hydrogen-bond donors (Lipinski definition) is 0. The molecule has 0 aliphatic heterocycles. The Hall–Kier alpha value is -2.16. The number of carbonyl (C=O) groups excluding carboxylic acids is 1. The maximum atomic E-state index is 11.3. The van der Waals surface area contributed by atoms with Crippen LogP contribution in [0.15, 0.2) is 30.3 Å². The van der Waals surface area contributed by atoms with Gasteiger partial charge in [0.05, 0.1) is 12.1 Å². The van der Waals surface area contributed by atoms with Crippen molar-refractivity contribution in [2.24, 2.45) is 0 Å². The summed E-state index contributed by atoms with van der Waals surface area (Å²) in [5, 5.41) is 1.14. The zero-order valence-electron chi connectivity index (χ0n) is 11.4. The van der Waals surface area contributed by atoms with Crippen LogP contribution in [0.1, 0.15) is 23.7 Å². The van der Waals surface area contributed by atoms with Gasteiger partial charge in [-0.25, -0.2) is 4.79 Å². The van der Waals surface area contributed by atoms with E-state index < -0.39 is 0 Å². The molecule has 0 spiro atoms. The minimum atomic E-state index is -0.323. The summed E-state index contributed by atoms with van der Waals surface area (Å²) in [6, 6.07) is 8.05. The Labute approximate surface area is 112 Å². The first-order valence-electron chi connectivity index (χ1n) is 6.33. The molecule has 0 bridgehead atoms. The number of aryl methyl sites for hydroxylation is 2.